The van der Waals surface area contributed by atoms with Gasteiger partial charge in [-0.1, -0.05) is 39.0 Å². The Bertz CT molecular complexity index is 521. The molecular formula is C14H18N2O. The Morgan fingerprint density at radius 2 is 1.71 bits per heavy atom. The fourth-order valence-corrected chi connectivity index (χ4v) is 2.14. The van der Waals surface area contributed by atoms with Crippen molar-refractivity contribution in [2.45, 2.75) is 33.1 Å². The molecule has 1 aromatic carbocycles. The monoisotopic (exact) mass is 230 g/mol. The number of para-hydroxylation sites is 1. The Morgan fingerprint density at radius 3 is 2.18 bits per heavy atom. The molecule has 0 aliphatic heterocycles. The van der Waals surface area contributed by atoms with Crippen molar-refractivity contribution in [1.82, 2.24) is 9.78 Å². The normalized spacial score (nSPS) is 11.8. The van der Waals surface area contributed by atoms with Crippen molar-refractivity contribution in [3.8, 4) is 11.6 Å². The molecule has 90 valence electrons. The maximum absolute atomic E-state index is 10.3. The highest BCUT2D eigenvalue weighted by atomic mass is 16.3. The van der Waals surface area contributed by atoms with Crippen molar-refractivity contribution < 1.29 is 5.11 Å². The number of hydrogen-bond acceptors (Lipinski definition) is 2. The summed E-state index contributed by atoms with van der Waals surface area (Å²) in [5.41, 5.74) is 2.55. The van der Waals surface area contributed by atoms with Gasteiger partial charge in [-0.15, -0.1) is 0 Å². The molecule has 2 rings (SSSR count). The van der Waals surface area contributed by atoms with E-state index in [1.54, 1.807) is 4.68 Å². The molecule has 0 fully saturated rings. The first kappa shape index (κ1) is 11.7. The molecule has 0 atom stereocenters. The average Bonchev–Trinajstić information content (AvgIpc) is 2.54. The van der Waals surface area contributed by atoms with Gasteiger partial charge >= 0.3 is 0 Å². The third-order valence-corrected chi connectivity index (χ3v) is 2.79. The average molecular weight is 230 g/mol. The summed E-state index contributed by atoms with van der Waals surface area (Å²) >= 11 is 0. The molecule has 3 nitrogen and oxygen atoms in total. The molecule has 17 heavy (non-hydrogen) atoms. The van der Waals surface area contributed by atoms with Crippen LogP contribution in [0, 0.1) is 6.92 Å². The lowest BCUT2D eigenvalue weighted by Gasteiger charge is -2.17. The molecule has 0 amide bonds. The third kappa shape index (κ3) is 2.05. The lowest BCUT2D eigenvalue weighted by molar-refractivity contribution is 0.413. The van der Waals surface area contributed by atoms with Gasteiger partial charge in [0.25, 0.3) is 0 Å². The van der Waals surface area contributed by atoms with Gasteiger partial charge in [-0.2, -0.15) is 5.10 Å². The second-order valence-corrected chi connectivity index (χ2v) is 5.28. The Morgan fingerprint density at radius 1 is 1.12 bits per heavy atom. The number of rotatable bonds is 1. The number of aryl methyl sites for hydroxylation is 1. The number of aromatic hydroxyl groups is 1. The Hall–Kier alpha value is -1.77. The van der Waals surface area contributed by atoms with Gasteiger partial charge in [-0.25, -0.2) is 4.68 Å². The summed E-state index contributed by atoms with van der Waals surface area (Å²) in [6.07, 6.45) is 0. The van der Waals surface area contributed by atoms with Gasteiger partial charge in [0.2, 0.25) is 5.88 Å². The summed E-state index contributed by atoms with van der Waals surface area (Å²) < 4.78 is 1.59. The first-order chi connectivity index (χ1) is 7.91. The predicted molar refractivity (Wildman–Crippen MR) is 68.7 cm³/mol. The summed E-state index contributed by atoms with van der Waals surface area (Å²) in [7, 11) is 0. The second kappa shape index (κ2) is 3.91. The van der Waals surface area contributed by atoms with E-state index in [2.05, 4.69) is 25.9 Å². The summed E-state index contributed by atoms with van der Waals surface area (Å²) in [6.45, 7) is 8.16. The molecule has 0 bridgehead atoms. The molecule has 0 aliphatic rings. The smallest absolute Gasteiger partial charge is 0.218 e. The fraction of sp³-hybridized carbons (Fsp3) is 0.357. The third-order valence-electron chi connectivity index (χ3n) is 2.79. The van der Waals surface area contributed by atoms with Gasteiger partial charge in [0.1, 0.15) is 0 Å². The second-order valence-electron chi connectivity index (χ2n) is 5.28. The molecule has 1 heterocycles. The van der Waals surface area contributed by atoms with E-state index in [1.165, 1.54) is 0 Å². The van der Waals surface area contributed by atoms with Crippen LogP contribution in [0.25, 0.3) is 5.69 Å². The largest absolute Gasteiger partial charge is 0.493 e. The lowest BCUT2D eigenvalue weighted by Crippen LogP contribution is -2.11. The van der Waals surface area contributed by atoms with Gasteiger partial charge in [-0.3, -0.25) is 0 Å². The fourth-order valence-electron chi connectivity index (χ4n) is 2.14. The van der Waals surface area contributed by atoms with E-state index in [4.69, 9.17) is 0 Å². The number of benzene rings is 1. The first-order valence-corrected chi connectivity index (χ1v) is 5.76. The van der Waals surface area contributed by atoms with Gasteiger partial charge in [0, 0.05) is 5.56 Å². The number of hydrogen-bond donors (Lipinski definition) is 1. The van der Waals surface area contributed by atoms with Crippen LogP contribution in [-0.2, 0) is 5.41 Å². The lowest BCUT2D eigenvalue weighted by atomic mass is 9.87. The van der Waals surface area contributed by atoms with Crippen LogP contribution in [0.3, 0.4) is 0 Å². The van der Waals surface area contributed by atoms with Crippen LogP contribution in [0.2, 0.25) is 0 Å². The minimum Gasteiger partial charge on any atom is -0.493 e. The van der Waals surface area contributed by atoms with Gasteiger partial charge in [0.15, 0.2) is 0 Å². The molecule has 0 saturated carbocycles. The zero-order chi connectivity index (χ0) is 12.6. The van der Waals surface area contributed by atoms with E-state index in [-0.39, 0.29) is 11.3 Å². The van der Waals surface area contributed by atoms with E-state index < -0.39 is 0 Å². The van der Waals surface area contributed by atoms with Crippen LogP contribution in [0.4, 0.5) is 0 Å². The molecule has 0 spiro atoms. The zero-order valence-corrected chi connectivity index (χ0v) is 10.7. The maximum atomic E-state index is 10.3. The van der Waals surface area contributed by atoms with Crippen molar-refractivity contribution in [3.05, 3.63) is 41.6 Å². The van der Waals surface area contributed by atoms with Crippen LogP contribution in [0.15, 0.2) is 30.3 Å². The van der Waals surface area contributed by atoms with Crippen molar-refractivity contribution in [1.29, 1.82) is 0 Å². The topological polar surface area (TPSA) is 38.0 Å². The maximum Gasteiger partial charge on any atom is 0.218 e. The quantitative estimate of drug-likeness (QED) is 0.817. The zero-order valence-electron chi connectivity index (χ0n) is 10.7. The van der Waals surface area contributed by atoms with E-state index in [0.717, 1.165) is 16.9 Å². The first-order valence-electron chi connectivity index (χ1n) is 5.76. The molecule has 1 N–H and O–H groups in total. The van der Waals surface area contributed by atoms with Crippen molar-refractivity contribution in [3.63, 3.8) is 0 Å². The summed E-state index contributed by atoms with van der Waals surface area (Å²) in [4.78, 5) is 0. The Labute approximate surface area is 102 Å². The number of aromatic nitrogens is 2. The molecule has 0 aliphatic carbocycles. The highest BCUT2D eigenvalue weighted by Crippen LogP contribution is 2.34. The van der Waals surface area contributed by atoms with E-state index in [0.29, 0.717) is 0 Å². The van der Waals surface area contributed by atoms with Crippen LogP contribution in [0.1, 0.15) is 32.0 Å². The van der Waals surface area contributed by atoms with Crippen LogP contribution in [0.5, 0.6) is 5.88 Å². The van der Waals surface area contributed by atoms with Crippen molar-refractivity contribution in [2.75, 3.05) is 0 Å². The van der Waals surface area contributed by atoms with Gasteiger partial charge in [0.05, 0.1) is 11.4 Å². The molecule has 1 aromatic heterocycles. The minimum absolute atomic E-state index is 0.110. The van der Waals surface area contributed by atoms with E-state index in [1.807, 2.05) is 37.3 Å². The molecule has 2 aromatic rings. The molecular weight excluding hydrogens is 212 g/mol. The SMILES string of the molecule is Cc1nn(-c2ccccc2)c(O)c1C(C)(C)C. The van der Waals surface area contributed by atoms with Crippen LogP contribution in [-0.4, -0.2) is 14.9 Å². The highest BCUT2D eigenvalue weighted by Gasteiger charge is 2.26. The summed E-state index contributed by atoms with van der Waals surface area (Å²) in [5.74, 6) is 0.237. The molecule has 3 heteroatoms. The van der Waals surface area contributed by atoms with Crippen molar-refractivity contribution in [2.24, 2.45) is 0 Å². The highest BCUT2D eigenvalue weighted by molar-refractivity contribution is 5.43. The Kier molecular flexibility index (Phi) is 2.69. The van der Waals surface area contributed by atoms with Crippen LogP contribution >= 0.6 is 0 Å². The Balaban J connectivity index is 2.60. The van der Waals surface area contributed by atoms with Gasteiger partial charge in [-0.05, 0) is 24.5 Å². The molecule has 0 saturated heterocycles. The summed E-state index contributed by atoms with van der Waals surface area (Å²) in [6, 6.07) is 9.67. The minimum atomic E-state index is -0.110. The van der Waals surface area contributed by atoms with E-state index >= 15 is 0 Å². The number of nitrogens with zero attached hydrogens (tertiary/aromatic N) is 2. The van der Waals surface area contributed by atoms with Gasteiger partial charge < -0.3 is 5.11 Å². The van der Waals surface area contributed by atoms with Crippen LogP contribution < -0.4 is 0 Å². The van der Waals surface area contributed by atoms with Crippen molar-refractivity contribution >= 4 is 0 Å². The molecule has 0 unspecified atom stereocenters. The van der Waals surface area contributed by atoms with E-state index in [9.17, 15) is 5.11 Å². The molecule has 0 radical (unpaired) electrons. The predicted octanol–water partition coefficient (Wildman–Crippen LogP) is 3.18. The summed E-state index contributed by atoms with van der Waals surface area (Å²) in [5, 5.41) is 14.7. The standard InChI is InChI=1S/C14H18N2O/c1-10-12(14(2,3)4)13(17)16(15-10)11-8-6-5-7-9-11/h5-9,17H,1-4H3.